The molecule has 2 fully saturated rings. The molecule has 82 valence electrons. The summed E-state index contributed by atoms with van der Waals surface area (Å²) in [7, 11) is 0. The van der Waals surface area contributed by atoms with Crippen LogP contribution in [0.25, 0.3) is 0 Å². The highest BCUT2D eigenvalue weighted by Gasteiger charge is 2.35. The van der Waals surface area contributed by atoms with Gasteiger partial charge in [0.1, 0.15) is 0 Å². The minimum absolute atomic E-state index is 0.838. The normalized spacial score (nSPS) is 36.6. The van der Waals surface area contributed by atoms with Crippen molar-refractivity contribution in [1.29, 1.82) is 0 Å². The molecule has 2 nitrogen and oxygen atoms in total. The van der Waals surface area contributed by atoms with Gasteiger partial charge in [0.2, 0.25) is 0 Å². The summed E-state index contributed by atoms with van der Waals surface area (Å²) < 4.78 is 0. The van der Waals surface area contributed by atoms with Gasteiger partial charge >= 0.3 is 0 Å². The highest BCUT2D eigenvalue weighted by molar-refractivity contribution is 4.95. The molecule has 0 amide bonds. The van der Waals surface area contributed by atoms with Gasteiger partial charge in [0.05, 0.1) is 0 Å². The molecular formula is C12H24N2. The van der Waals surface area contributed by atoms with Crippen molar-refractivity contribution in [2.24, 2.45) is 0 Å². The van der Waals surface area contributed by atoms with Crippen molar-refractivity contribution in [3.8, 4) is 0 Å². The van der Waals surface area contributed by atoms with E-state index in [1.807, 2.05) is 0 Å². The number of hydrogen-bond donors (Lipinski definition) is 1. The second-order valence-electron chi connectivity index (χ2n) is 4.89. The van der Waals surface area contributed by atoms with Gasteiger partial charge in [-0.3, -0.25) is 0 Å². The summed E-state index contributed by atoms with van der Waals surface area (Å²) in [5, 5.41) is 3.71. The quantitative estimate of drug-likeness (QED) is 0.740. The lowest BCUT2D eigenvalue weighted by atomic mass is 9.98. The Morgan fingerprint density at radius 3 is 2.29 bits per heavy atom. The fraction of sp³-hybridized carbons (Fsp3) is 1.00. The maximum absolute atomic E-state index is 3.71. The first-order valence-corrected chi connectivity index (χ1v) is 6.33. The van der Waals surface area contributed by atoms with Gasteiger partial charge in [-0.15, -0.1) is 0 Å². The number of hydrogen-bond acceptors (Lipinski definition) is 2. The van der Waals surface area contributed by atoms with Gasteiger partial charge in [0.25, 0.3) is 0 Å². The average Bonchev–Trinajstić information content (AvgIpc) is 2.54. The fourth-order valence-electron chi connectivity index (χ4n) is 3.21. The Morgan fingerprint density at radius 1 is 1.14 bits per heavy atom. The number of piperidine rings is 1. The largest absolute Gasteiger partial charge is 0.311 e. The maximum atomic E-state index is 3.71. The molecule has 2 bridgehead atoms. The predicted molar refractivity (Wildman–Crippen MR) is 60.5 cm³/mol. The molecule has 2 unspecified atom stereocenters. The fourth-order valence-corrected chi connectivity index (χ4v) is 3.21. The summed E-state index contributed by atoms with van der Waals surface area (Å²) in [4.78, 5) is 2.69. The molecule has 0 aliphatic carbocycles. The molecule has 0 radical (unpaired) electrons. The van der Waals surface area contributed by atoms with Crippen LogP contribution in [-0.2, 0) is 0 Å². The molecule has 2 rings (SSSR count). The predicted octanol–water partition coefficient (Wildman–Crippen LogP) is 2.00. The third-order valence-corrected chi connectivity index (χ3v) is 3.88. The van der Waals surface area contributed by atoms with Crippen molar-refractivity contribution in [2.75, 3.05) is 13.1 Å². The monoisotopic (exact) mass is 196 g/mol. The second kappa shape index (κ2) is 4.63. The van der Waals surface area contributed by atoms with Crippen molar-refractivity contribution in [3.63, 3.8) is 0 Å². The van der Waals surface area contributed by atoms with Gasteiger partial charge in [0.15, 0.2) is 0 Å². The standard InChI is InChI=1S/C12H24N2/c1-3-7-14(4-2)12-8-10-5-6-11(9-12)13-10/h10-13H,3-9H2,1-2H3. The summed E-state index contributed by atoms with van der Waals surface area (Å²) in [6.07, 6.45) is 6.93. The zero-order chi connectivity index (χ0) is 9.97. The van der Waals surface area contributed by atoms with E-state index in [4.69, 9.17) is 0 Å². The van der Waals surface area contributed by atoms with Crippen LogP contribution in [0.4, 0.5) is 0 Å². The first kappa shape index (κ1) is 10.4. The Bertz CT molecular complexity index is 169. The molecule has 2 atom stereocenters. The highest BCUT2D eigenvalue weighted by Crippen LogP contribution is 2.29. The lowest BCUT2D eigenvalue weighted by Gasteiger charge is -2.37. The van der Waals surface area contributed by atoms with Gasteiger partial charge in [0, 0.05) is 18.1 Å². The molecule has 2 aliphatic rings. The van der Waals surface area contributed by atoms with Crippen molar-refractivity contribution in [3.05, 3.63) is 0 Å². The summed E-state index contributed by atoms with van der Waals surface area (Å²) in [5.41, 5.74) is 0. The molecular weight excluding hydrogens is 172 g/mol. The first-order valence-electron chi connectivity index (χ1n) is 6.33. The molecule has 2 aliphatic heterocycles. The topological polar surface area (TPSA) is 15.3 Å². The molecule has 14 heavy (non-hydrogen) atoms. The third kappa shape index (κ3) is 2.12. The molecule has 2 heteroatoms. The van der Waals surface area contributed by atoms with Crippen LogP contribution in [0.1, 0.15) is 46.0 Å². The molecule has 0 aromatic carbocycles. The van der Waals surface area contributed by atoms with E-state index in [-0.39, 0.29) is 0 Å². The van der Waals surface area contributed by atoms with Crippen LogP contribution in [0, 0.1) is 0 Å². The van der Waals surface area contributed by atoms with Crippen LogP contribution in [0.15, 0.2) is 0 Å². The van der Waals surface area contributed by atoms with Crippen molar-refractivity contribution in [1.82, 2.24) is 10.2 Å². The molecule has 2 heterocycles. The van der Waals surface area contributed by atoms with Crippen LogP contribution in [0.3, 0.4) is 0 Å². The van der Waals surface area contributed by atoms with Crippen molar-refractivity contribution < 1.29 is 0 Å². The van der Waals surface area contributed by atoms with E-state index < -0.39 is 0 Å². The Kier molecular flexibility index (Phi) is 3.45. The van der Waals surface area contributed by atoms with E-state index in [1.165, 1.54) is 45.2 Å². The first-order chi connectivity index (χ1) is 6.83. The molecule has 0 spiro atoms. The van der Waals surface area contributed by atoms with Gasteiger partial charge in [-0.1, -0.05) is 13.8 Å². The Hall–Kier alpha value is -0.0800. The second-order valence-corrected chi connectivity index (χ2v) is 4.89. The van der Waals surface area contributed by atoms with E-state index in [1.54, 1.807) is 0 Å². The molecule has 2 saturated heterocycles. The Balaban J connectivity index is 1.90. The van der Waals surface area contributed by atoms with E-state index >= 15 is 0 Å². The number of rotatable bonds is 4. The lowest BCUT2D eigenvalue weighted by molar-refractivity contribution is 0.148. The number of nitrogens with zero attached hydrogens (tertiary/aromatic N) is 1. The zero-order valence-corrected chi connectivity index (χ0v) is 9.63. The molecule has 0 saturated carbocycles. The summed E-state index contributed by atoms with van der Waals surface area (Å²) in [5.74, 6) is 0. The van der Waals surface area contributed by atoms with E-state index in [2.05, 4.69) is 24.1 Å². The van der Waals surface area contributed by atoms with Crippen molar-refractivity contribution >= 4 is 0 Å². The van der Waals surface area contributed by atoms with Crippen LogP contribution in [-0.4, -0.2) is 36.1 Å². The van der Waals surface area contributed by atoms with Gasteiger partial charge < -0.3 is 10.2 Å². The average molecular weight is 196 g/mol. The Labute approximate surface area is 88.1 Å². The maximum Gasteiger partial charge on any atom is 0.0125 e. The SMILES string of the molecule is CCCN(CC)C1CC2CCC(C1)N2. The van der Waals surface area contributed by atoms with Gasteiger partial charge in [-0.25, -0.2) is 0 Å². The Morgan fingerprint density at radius 2 is 1.79 bits per heavy atom. The van der Waals surface area contributed by atoms with Crippen molar-refractivity contribution in [2.45, 2.75) is 64.1 Å². The minimum Gasteiger partial charge on any atom is -0.311 e. The van der Waals surface area contributed by atoms with Crippen LogP contribution in [0.2, 0.25) is 0 Å². The van der Waals surface area contributed by atoms with Crippen LogP contribution >= 0.6 is 0 Å². The van der Waals surface area contributed by atoms with Gasteiger partial charge in [-0.05, 0) is 45.2 Å². The smallest absolute Gasteiger partial charge is 0.0125 e. The number of nitrogens with one attached hydrogen (secondary N) is 1. The van der Waals surface area contributed by atoms with E-state index in [0.29, 0.717) is 0 Å². The minimum atomic E-state index is 0.838. The highest BCUT2D eigenvalue weighted by atomic mass is 15.2. The summed E-state index contributed by atoms with van der Waals surface area (Å²) in [6, 6.07) is 2.55. The molecule has 0 aromatic heterocycles. The van der Waals surface area contributed by atoms with E-state index in [0.717, 1.165) is 18.1 Å². The molecule has 1 N–H and O–H groups in total. The van der Waals surface area contributed by atoms with E-state index in [9.17, 15) is 0 Å². The number of fused-ring (bicyclic) bond motifs is 2. The van der Waals surface area contributed by atoms with Gasteiger partial charge in [-0.2, -0.15) is 0 Å². The zero-order valence-electron chi connectivity index (χ0n) is 9.63. The molecule has 0 aromatic rings. The lowest BCUT2D eigenvalue weighted by Crippen LogP contribution is -2.48. The summed E-state index contributed by atoms with van der Waals surface area (Å²) >= 11 is 0. The third-order valence-electron chi connectivity index (χ3n) is 3.88. The van der Waals surface area contributed by atoms with Crippen LogP contribution < -0.4 is 5.32 Å². The summed E-state index contributed by atoms with van der Waals surface area (Å²) in [6.45, 7) is 7.12. The van der Waals surface area contributed by atoms with Crippen LogP contribution in [0.5, 0.6) is 0 Å².